The van der Waals surface area contributed by atoms with E-state index in [2.05, 4.69) is 5.32 Å². The minimum absolute atomic E-state index is 0.0352. The van der Waals surface area contributed by atoms with E-state index in [9.17, 15) is 9.59 Å². The van der Waals surface area contributed by atoms with Gasteiger partial charge in [0.2, 0.25) is 11.8 Å². The molecule has 0 aromatic carbocycles. The Kier molecular flexibility index (Phi) is 2.44. The number of fused-ring (bicyclic) bond motifs is 1. The van der Waals surface area contributed by atoms with Crippen LogP contribution in [0.5, 0.6) is 0 Å². The fourth-order valence-corrected chi connectivity index (χ4v) is 2.25. The van der Waals surface area contributed by atoms with Gasteiger partial charge in [0.05, 0.1) is 11.3 Å². The zero-order valence-corrected chi connectivity index (χ0v) is 8.27. The van der Waals surface area contributed by atoms with Gasteiger partial charge in [0.1, 0.15) is 0 Å². The maximum Gasteiger partial charge on any atom is 0.237 e. The second-order valence-electron chi connectivity index (χ2n) is 3.91. The largest absolute Gasteiger partial charge is 0.396 e. The van der Waals surface area contributed by atoms with E-state index in [-0.39, 0.29) is 18.4 Å². The van der Waals surface area contributed by atoms with Gasteiger partial charge < -0.3 is 5.11 Å². The molecule has 2 amide bonds. The van der Waals surface area contributed by atoms with Crippen molar-refractivity contribution >= 4 is 11.8 Å². The molecular weight excluding hydrogens is 194 g/mol. The van der Waals surface area contributed by atoms with Crippen LogP contribution in [-0.4, -0.2) is 23.5 Å². The normalized spacial score (nSPS) is 33.0. The molecule has 80 valence electrons. The van der Waals surface area contributed by atoms with Gasteiger partial charge in [-0.15, -0.1) is 0 Å². The lowest BCUT2D eigenvalue weighted by Crippen LogP contribution is -2.33. The van der Waals surface area contributed by atoms with E-state index in [1.807, 2.05) is 0 Å². The molecule has 2 aliphatic rings. The maximum absolute atomic E-state index is 11.7. The first-order chi connectivity index (χ1) is 7.20. The predicted octanol–water partition coefficient (Wildman–Crippen LogP) is 0.144. The number of nitrogens with one attached hydrogen (secondary N) is 1. The van der Waals surface area contributed by atoms with Gasteiger partial charge in [-0.2, -0.15) is 0 Å². The van der Waals surface area contributed by atoms with Crippen molar-refractivity contribution in [2.75, 3.05) is 6.61 Å². The Morgan fingerprint density at radius 1 is 1.40 bits per heavy atom. The lowest BCUT2D eigenvalue weighted by Gasteiger charge is -2.27. The molecule has 1 aliphatic carbocycles. The van der Waals surface area contributed by atoms with Gasteiger partial charge in [-0.1, -0.05) is 24.3 Å². The quantitative estimate of drug-likeness (QED) is 0.647. The first-order valence-corrected chi connectivity index (χ1v) is 5.03. The highest BCUT2D eigenvalue weighted by Crippen LogP contribution is 2.42. The van der Waals surface area contributed by atoms with Crippen molar-refractivity contribution in [3.63, 3.8) is 0 Å². The summed E-state index contributed by atoms with van der Waals surface area (Å²) in [7, 11) is 0. The monoisotopic (exact) mass is 207 g/mol. The van der Waals surface area contributed by atoms with Gasteiger partial charge >= 0.3 is 0 Å². The first-order valence-electron chi connectivity index (χ1n) is 5.03. The molecule has 2 unspecified atom stereocenters. The molecule has 1 aliphatic heterocycles. The lowest BCUT2D eigenvalue weighted by atomic mass is 9.71. The van der Waals surface area contributed by atoms with Crippen LogP contribution in [0.3, 0.4) is 0 Å². The lowest BCUT2D eigenvalue weighted by molar-refractivity contribution is -0.127. The Morgan fingerprint density at radius 3 is 2.93 bits per heavy atom. The van der Waals surface area contributed by atoms with Crippen molar-refractivity contribution < 1.29 is 14.7 Å². The Morgan fingerprint density at radius 2 is 2.20 bits per heavy atom. The van der Waals surface area contributed by atoms with Crippen molar-refractivity contribution in [2.45, 2.75) is 12.8 Å². The van der Waals surface area contributed by atoms with E-state index in [4.69, 9.17) is 5.11 Å². The fraction of sp³-hybridized carbons (Fsp3) is 0.455. The Bertz CT molecular complexity index is 359. The van der Waals surface area contributed by atoms with E-state index in [1.165, 1.54) is 0 Å². The summed E-state index contributed by atoms with van der Waals surface area (Å²) in [6, 6.07) is 0. The third-order valence-electron chi connectivity index (χ3n) is 3.05. The zero-order chi connectivity index (χ0) is 10.9. The van der Waals surface area contributed by atoms with E-state index < -0.39 is 11.3 Å². The van der Waals surface area contributed by atoms with Crippen molar-refractivity contribution in [3.05, 3.63) is 24.3 Å². The highest BCUT2D eigenvalue weighted by Gasteiger charge is 2.52. The third-order valence-corrected chi connectivity index (χ3v) is 3.05. The van der Waals surface area contributed by atoms with Crippen LogP contribution in [0.2, 0.25) is 0 Å². The molecule has 0 aromatic rings. The van der Waals surface area contributed by atoms with E-state index in [1.54, 1.807) is 24.3 Å². The van der Waals surface area contributed by atoms with E-state index in [0.29, 0.717) is 12.8 Å². The Balaban J connectivity index is 2.31. The third kappa shape index (κ3) is 1.41. The van der Waals surface area contributed by atoms with Crippen LogP contribution in [0.1, 0.15) is 12.8 Å². The molecule has 1 fully saturated rings. The number of aliphatic hydroxyl groups excluding tert-OH is 1. The van der Waals surface area contributed by atoms with Crippen LogP contribution < -0.4 is 5.32 Å². The van der Waals surface area contributed by atoms with Crippen molar-refractivity contribution in [1.29, 1.82) is 0 Å². The fourth-order valence-electron chi connectivity index (χ4n) is 2.25. The highest BCUT2D eigenvalue weighted by atomic mass is 16.3. The highest BCUT2D eigenvalue weighted by molar-refractivity contribution is 6.09. The molecule has 0 bridgehead atoms. The van der Waals surface area contributed by atoms with Gasteiger partial charge in [-0.3, -0.25) is 14.9 Å². The second kappa shape index (κ2) is 3.62. The number of rotatable bonds is 3. The number of hydrogen-bond acceptors (Lipinski definition) is 3. The molecule has 4 nitrogen and oxygen atoms in total. The van der Waals surface area contributed by atoms with Gasteiger partial charge in [-0.05, 0) is 12.8 Å². The van der Waals surface area contributed by atoms with Crippen molar-refractivity contribution in [2.24, 2.45) is 11.3 Å². The first kappa shape index (κ1) is 10.1. The minimum Gasteiger partial charge on any atom is -0.396 e. The van der Waals surface area contributed by atoms with Gasteiger partial charge in [0.25, 0.3) is 0 Å². The summed E-state index contributed by atoms with van der Waals surface area (Å²) in [5.41, 5.74) is -0.755. The second-order valence-corrected chi connectivity index (χ2v) is 3.91. The van der Waals surface area contributed by atoms with Crippen LogP contribution in [0.4, 0.5) is 0 Å². The van der Waals surface area contributed by atoms with Crippen LogP contribution in [0.25, 0.3) is 0 Å². The molecule has 0 radical (unpaired) electrons. The summed E-state index contributed by atoms with van der Waals surface area (Å²) < 4.78 is 0. The molecule has 1 saturated heterocycles. The molecule has 0 saturated carbocycles. The Hall–Kier alpha value is -1.42. The average Bonchev–Trinajstić information content (AvgIpc) is 2.50. The van der Waals surface area contributed by atoms with Crippen LogP contribution in [0.15, 0.2) is 24.3 Å². The van der Waals surface area contributed by atoms with Crippen molar-refractivity contribution in [3.8, 4) is 0 Å². The van der Waals surface area contributed by atoms with E-state index in [0.717, 1.165) is 0 Å². The molecular formula is C11H13NO3. The SMILES string of the molecule is O=C1NC(=O)C2(CCCO)C=CC=CC12. The van der Waals surface area contributed by atoms with Crippen LogP contribution >= 0.6 is 0 Å². The average molecular weight is 207 g/mol. The summed E-state index contributed by atoms with van der Waals surface area (Å²) in [5, 5.41) is 11.2. The molecule has 0 spiro atoms. The van der Waals surface area contributed by atoms with Gasteiger partial charge in [0.15, 0.2) is 0 Å². The number of allylic oxidation sites excluding steroid dienone is 2. The zero-order valence-electron chi connectivity index (χ0n) is 8.27. The molecule has 2 rings (SSSR count). The number of hydrogen-bond donors (Lipinski definition) is 2. The summed E-state index contributed by atoms with van der Waals surface area (Å²) in [6.07, 6.45) is 8.11. The summed E-state index contributed by atoms with van der Waals surface area (Å²) in [6.45, 7) is 0.0352. The predicted molar refractivity (Wildman–Crippen MR) is 53.7 cm³/mol. The van der Waals surface area contributed by atoms with Crippen LogP contribution in [-0.2, 0) is 9.59 Å². The Labute approximate surface area is 87.7 Å². The number of carbonyl (C=O) groups excluding carboxylic acids is 2. The smallest absolute Gasteiger partial charge is 0.237 e. The van der Waals surface area contributed by atoms with Gasteiger partial charge in [0, 0.05) is 6.61 Å². The number of imide groups is 1. The summed E-state index contributed by atoms with van der Waals surface area (Å²) >= 11 is 0. The van der Waals surface area contributed by atoms with E-state index >= 15 is 0 Å². The standard InChI is InChI=1S/C11H13NO3/c13-7-3-6-11-5-2-1-4-8(11)9(14)12-10(11)15/h1-2,4-5,8,13H,3,6-7H2,(H,12,14,15). The summed E-state index contributed by atoms with van der Waals surface area (Å²) in [4.78, 5) is 23.3. The van der Waals surface area contributed by atoms with Crippen LogP contribution in [0, 0.1) is 11.3 Å². The maximum atomic E-state index is 11.7. The number of aliphatic hydroxyl groups is 1. The summed E-state index contributed by atoms with van der Waals surface area (Å²) in [5.74, 6) is -0.883. The number of amides is 2. The number of carbonyl (C=O) groups is 2. The molecule has 1 heterocycles. The minimum atomic E-state index is -0.755. The molecule has 4 heteroatoms. The molecule has 15 heavy (non-hydrogen) atoms. The van der Waals surface area contributed by atoms with Gasteiger partial charge in [-0.25, -0.2) is 0 Å². The molecule has 2 atom stereocenters. The van der Waals surface area contributed by atoms with Crippen molar-refractivity contribution in [1.82, 2.24) is 5.32 Å². The molecule has 2 N–H and O–H groups in total. The molecule has 0 aromatic heterocycles. The topological polar surface area (TPSA) is 66.4 Å².